The van der Waals surface area contributed by atoms with Crippen molar-refractivity contribution in [2.45, 2.75) is 27.7 Å². The smallest absolute Gasteiger partial charge is 0.219 e. The molecule has 35 heavy (non-hydrogen) atoms. The second-order valence-corrected chi connectivity index (χ2v) is 10.5. The zero-order valence-electron chi connectivity index (χ0n) is 20.8. The van der Waals surface area contributed by atoms with Crippen LogP contribution in [0.4, 0.5) is 5.69 Å². The highest BCUT2D eigenvalue weighted by atomic mass is 127. The standard InChI is InChI=1S/C26H32N5O2S.HI/c1-17-13-21(30-9-5-28(6-10-30)19(3)32)15-23-25(17)27-26-18(2)14-22(16-24(26)34-23)31-11-7-29(8-12-31)20(4)33;/h13-16H,5-12H2,1-4H3;1H/q+1;/p-1. The van der Waals surface area contributed by atoms with Gasteiger partial charge in [-0.25, -0.2) is 9.56 Å². The lowest BCUT2D eigenvalue weighted by Crippen LogP contribution is -3.00. The number of hydrogen-bond donors (Lipinski definition) is 0. The second-order valence-electron chi connectivity index (χ2n) is 9.42. The molecule has 7 nitrogen and oxygen atoms in total. The molecule has 3 aliphatic heterocycles. The van der Waals surface area contributed by atoms with Gasteiger partial charge in [0.1, 0.15) is 0 Å². The lowest BCUT2D eigenvalue weighted by atomic mass is 10.1. The molecule has 0 atom stereocenters. The zero-order chi connectivity index (χ0) is 24.0. The fourth-order valence-corrected chi connectivity index (χ4v) is 6.26. The van der Waals surface area contributed by atoms with Gasteiger partial charge in [-0.15, -0.1) is 11.3 Å². The van der Waals surface area contributed by atoms with E-state index in [0.717, 1.165) is 63.6 Å². The Morgan fingerprint density at radius 3 is 2.11 bits per heavy atom. The number of halogens is 1. The highest BCUT2D eigenvalue weighted by molar-refractivity contribution is 7.21. The van der Waals surface area contributed by atoms with Crippen molar-refractivity contribution in [3.63, 3.8) is 0 Å². The second kappa shape index (κ2) is 10.4. The molecule has 1 aromatic rings. The molecule has 2 saturated heterocycles. The van der Waals surface area contributed by atoms with Gasteiger partial charge < -0.3 is 38.7 Å². The Kier molecular flexibility index (Phi) is 7.65. The SMILES string of the molecule is CC(=O)N1CCN(c2cc(C)c3nc4c(C)cc(=[N+]5CCN(C(C)=O)CC5)cc-4sc3c2)CC1.[I-]. The number of rotatable bonds is 1. The molecule has 4 aliphatic rings. The molecule has 0 radical (unpaired) electrons. The van der Waals surface area contributed by atoms with E-state index in [1.54, 1.807) is 25.2 Å². The van der Waals surface area contributed by atoms with Crippen LogP contribution in [0.3, 0.4) is 0 Å². The average molecular weight is 606 g/mol. The minimum absolute atomic E-state index is 0. The van der Waals surface area contributed by atoms with Crippen molar-refractivity contribution >= 4 is 39.1 Å². The van der Waals surface area contributed by atoms with Gasteiger partial charge in [0.25, 0.3) is 0 Å². The first kappa shape index (κ1) is 25.8. The summed E-state index contributed by atoms with van der Waals surface area (Å²) in [6.07, 6.45) is 0. The van der Waals surface area contributed by atoms with E-state index in [1.807, 2.05) is 9.80 Å². The number of hydrogen-bond acceptors (Lipinski definition) is 5. The number of piperazine rings is 2. The van der Waals surface area contributed by atoms with Crippen LogP contribution in [0.1, 0.15) is 25.0 Å². The maximum Gasteiger partial charge on any atom is 0.219 e. The van der Waals surface area contributed by atoms with Crippen LogP contribution in [0.2, 0.25) is 0 Å². The van der Waals surface area contributed by atoms with Gasteiger partial charge in [-0.05, 0) is 37.1 Å². The normalized spacial score (nSPS) is 16.6. The molecule has 1 aromatic carbocycles. The number of fused-ring (bicyclic) bond motifs is 2. The van der Waals surface area contributed by atoms with Crippen LogP contribution < -0.4 is 38.8 Å². The van der Waals surface area contributed by atoms with Crippen LogP contribution in [0.15, 0.2) is 24.3 Å². The molecule has 0 bridgehead atoms. The topological polar surface area (TPSA) is 59.8 Å². The number of amides is 2. The van der Waals surface area contributed by atoms with Crippen LogP contribution in [-0.2, 0) is 9.59 Å². The van der Waals surface area contributed by atoms with Crippen molar-refractivity contribution in [2.75, 3.05) is 57.3 Å². The quantitative estimate of drug-likeness (QED) is 0.210. The molecule has 1 aliphatic carbocycles. The molecule has 186 valence electrons. The van der Waals surface area contributed by atoms with Crippen molar-refractivity contribution in [3.05, 3.63) is 40.7 Å². The van der Waals surface area contributed by atoms with E-state index in [2.05, 4.69) is 47.6 Å². The maximum absolute atomic E-state index is 11.7. The van der Waals surface area contributed by atoms with Gasteiger partial charge in [-0.2, -0.15) is 0 Å². The molecule has 2 amide bonds. The Morgan fingerprint density at radius 2 is 1.49 bits per heavy atom. The lowest BCUT2D eigenvalue weighted by molar-refractivity contribution is -0.130. The van der Waals surface area contributed by atoms with Gasteiger partial charge >= 0.3 is 0 Å². The largest absolute Gasteiger partial charge is 1.00 e. The highest BCUT2D eigenvalue weighted by Crippen LogP contribution is 2.35. The first-order valence-electron chi connectivity index (χ1n) is 12.0. The fraction of sp³-hybridized carbons (Fsp3) is 0.462. The van der Waals surface area contributed by atoms with E-state index in [9.17, 15) is 9.59 Å². The molecule has 2 fully saturated rings. The number of nitrogens with zero attached hydrogens (tertiary/aromatic N) is 5. The number of aromatic nitrogens is 1. The molecule has 0 N–H and O–H groups in total. The minimum atomic E-state index is 0. The van der Waals surface area contributed by atoms with E-state index in [-0.39, 0.29) is 35.8 Å². The average Bonchev–Trinajstić information content (AvgIpc) is 2.83. The first-order valence-corrected chi connectivity index (χ1v) is 12.8. The summed E-state index contributed by atoms with van der Waals surface area (Å²) in [5.41, 5.74) is 5.70. The van der Waals surface area contributed by atoms with Crippen LogP contribution in [0.5, 0.6) is 0 Å². The third-order valence-corrected chi connectivity index (χ3v) is 8.19. The predicted molar refractivity (Wildman–Crippen MR) is 137 cm³/mol. The molecule has 0 spiro atoms. The summed E-state index contributed by atoms with van der Waals surface area (Å²) >= 11 is 1.80. The molecule has 5 rings (SSSR count). The summed E-state index contributed by atoms with van der Waals surface area (Å²) < 4.78 is 3.56. The van der Waals surface area contributed by atoms with Crippen LogP contribution in [-0.4, -0.2) is 79.0 Å². The first-order chi connectivity index (χ1) is 16.3. The summed E-state index contributed by atoms with van der Waals surface area (Å²) in [5.74, 6) is 0.308. The van der Waals surface area contributed by atoms with E-state index < -0.39 is 0 Å². The lowest BCUT2D eigenvalue weighted by Gasteiger charge is -2.35. The summed E-state index contributed by atoms with van der Waals surface area (Å²) in [4.78, 5) is 35.9. The molecule has 3 heterocycles. The van der Waals surface area contributed by atoms with Crippen LogP contribution >= 0.6 is 11.3 Å². The third-order valence-electron chi connectivity index (χ3n) is 7.12. The Balaban J connectivity index is 0.00000289. The Labute approximate surface area is 227 Å². The van der Waals surface area contributed by atoms with Gasteiger partial charge in [0.05, 0.1) is 33.9 Å². The van der Waals surface area contributed by atoms with Crippen molar-refractivity contribution in [1.29, 1.82) is 0 Å². The van der Waals surface area contributed by atoms with Gasteiger partial charge in [0.2, 0.25) is 17.2 Å². The van der Waals surface area contributed by atoms with Gasteiger partial charge in [0.15, 0.2) is 13.1 Å². The zero-order valence-corrected chi connectivity index (χ0v) is 23.8. The van der Waals surface area contributed by atoms with Crippen molar-refractivity contribution in [1.82, 2.24) is 19.4 Å². The summed E-state index contributed by atoms with van der Waals surface area (Å²) in [6, 6.07) is 8.98. The number of carbonyl (C=O) groups excluding carboxylic acids is 2. The number of aryl methyl sites for hydroxylation is 2. The Hall–Kier alpha value is -2.27. The van der Waals surface area contributed by atoms with E-state index in [4.69, 9.17) is 4.98 Å². The van der Waals surface area contributed by atoms with Crippen LogP contribution in [0, 0.1) is 13.8 Å². The fourth-order valence-electron chi connectivity index (χ4n) is 5.05. The Bertz CT molecular complexity index is 1320. The highest BCUT2D eigenvalue weighted by Gasteiger charge is 2.23. The van der Waals surface area contributed by atoms with Gasteiger partial charge in [-0.3, -0.25) is 9.59 Å². The summed E-state index contributed by atoms with van der Waals surface area (Å²) in [5, 5.41) is 1.21. The number of anilines is 1. The monoisotopic (exact) mass is 605 g/mol. The number of carbonyl (C=O) groups is 2. The van der Waals surface area contributed by atoms with E-state index in [1.165, 1.54) is 31.7 Å². The summed E-state index contributed by atoms with van der Waals surface area (Å²) in [7, 11) is 0. The molecule has 0 saturated carbocycles. The van der Waals surface area contributed by atoms with Crippen molar-refractivity contribution in [2.24, 2.45) is 0 Å². The molecular weight excluding hydrogens is 573 g/mol. The molecular formula is C26H32IN5O2S. The van der Waals surface area contributed by atoms with Crippen molar-refractivity contribution < 1.29 is 33.6 Å². The minimum Gasteiger partial charge on any atom is -1.00 e. The van der Waals surface area contributed by atoms with E-state index in [0.29, 0.717) is 0 Å². The van der Waals surface area contributed by atoms with Gasteiger partial charge in [0, 0.05) is 57.8 Å². The van der Waals surface area contributed by atoms with E-state index >= 15 is 0 Å². The molecule has 0 unspecified atom stereocenters. The maximum atomic E-state index is 11.7. The number of benzene rings is 2. The Morgan fingerprint density at radius 1 is 0.857 bits per heavy atom. The van der Waals surface area contributed by atoms with Crippen molar-refractivity contribution in [3.8, 4) is 10.6 Å². The molecule has 0 aromatic heterocycles. The van der Waals surface area contributed by atoms with Gasteiger partial charge in [-0.1, -0.05) is 0 Å². The van der Waals surface area contributed by atoms with Crippen LogP contribution in [0.25, 0.3) is 20.8 Å². The molecule has 9 heteroatoms. The predicted octanol–water partition coefficient (Wildman–Crippen LogP) is -0.675. The third kappa shape index (κ3) is 5.16. The summed E-state index contributed by atoms with van der Waals surface area (Å²) in [6.45, 7) is 14.1.